The van der Waals surface area contributed by atoms with E-state index in [-0.39, 0.29) is 5.91 Å². The highest BCUT2D eigenvalue weighted by Gasteiger charge is 2.22. The fourth-order valence-electron chi connectivity index (χ4n) is 1.43. The van der Waals surface area contributed by atoms with Crippen molar-refractivity contribution < 1.29 is 4.79 Å². The summed E-state index contributed by atoms with van der Waals surface area (Å²) in [4.78, 5) is 12.5. The summed E-state index contributed by atoms with van der Waals surface area (Å²) in [5.74, 6) is 0.917. The SMILES string of the molecule is Nc1cc(Br)ccc1SCCC(=O)NC1CC1. The van der Waals surface area contributed by atoms with E-state index in [4.69, 9.17) is 5.73 Å². The van der Waals surface area contributed by atoms with E-state index in [9.17, 15) is 4.79 Å². The van der Waals surface area contributed by atoms with Gasteiger partial charge in [0.25, 0.3) is 0 Å². The molecule has 1 saturated carbocycles. The largest absolute Gasteiger partial charge is 0.398 e. The van der Waals surface area contributed by atoms with Gasteiger partial charge in [-0.2, -0.15) is 0 Å². The third-order valence-electron chi connectivity index (χ3n) is 2.50. The Bertz CT molecular complexity index is 421. The third kappa shape index (κ3) is 4.24. The van der Waals surface area contributed by atoms with Gasteiger partial charge in [0.2, 0.25) is 5.91 Å². The van der Waals surface area contributed by atoms with Crippen LogP contribution in [0.5, 0.6) is 0 Å². The number of nitrogens with two attached hydrogens (primary N) is 1. The average Bonchev–Trinajstić information content (AvgIpc) is 3.05. The molecule has 0 heterocycles. The minimum Gasteiger partial charge on any atom is -0.398 e. The summed E-state index contributed by atoms with van der Waals surface area (Å²) >= 11 is 4.99. The Hall–Kier alpha value is -0.680. The highest BCUT2D eigenvalue weighted by atomic mass is 79.9. The molecule has 0 spiro atoms. The quantitative estimate of drug-likeness (QED) is 0.649. The maximum Gasteiger partial charge on any atom is 0.221 e. The Labute approximate surface area is 114 Å². The number of hydrogen-bond donors (Lipinski definition) is 2. The van der Waals surface area contributed by atoms with Gasteiger partial charge in [-0.1, -0.05) is 15.9 Å². The smallest absolute Gasteiger partial charge is 0.221 e. The maximum atomic E-state index is 11.5. The number of amides is 1. The van der Waals surface area contributed by atoms with Crippen molar-refractivity contribution in [1.29, 1.82) is 0 Å². The Morgan fingerprint density at radius 3 is 2.94 bits per heavy atom. The number of rotatable bonds is 5. The van der Waals surface area contributed by atoms with Gasteiger partial charge in [-0.3, -0.25) is 4.79 Å². The number of anilines is 1. The number of thioether (sulfide) groups is 1. The van der Waals surface area contributed by atoms with Crippen LogP contribution in [0.15, 0.2) is 27.6 Å². The summed E-state index contributed by atoms with van der Waals surface area (Å²) in [6.07, 6.45) is 2.83. The molecule has 17 heavy (non-hydrogen) atoms. The van der Waals surface area contributed by atoms with Gasteiger partial charge in [0.1, 0.15) is 0 Å². The van der Waals surface area contributed by atoms with Gasteiger partial charge in [0.05, 0.1) is 0 Å². The molecular weight excluding hydrogens is 300 g/mol. The van der Waals surface area contributed by atoms with Crippen LogP contribution in [0.1, 0.15) is 19.3 Å². The van der Waals surface area contributed by atoms with E-state index in [2.05, 4.69) is 21.2 Å². The highest BCUT2D eigenvalue weighted by Crippen LogP contribution is 2.28. The second-order valence-electron chi connectivity index (χ2n) is 4.12. The molecule has 0 bridgehead atoms. The van der Waals surface area contributed by atoms with E-state index >= 15 is 0 Å². The molecular formula is C12H15BrN2OS. The molecule has 1 fully saturated rings. The first-order chi connectivity index (χ1) is 8.15. The summed E-state index contributed by atoms with van der Waals surface area (Å²) in [6, 6.07) is 6.27. The first-order valence-electron chi connectivity index (χ1n) is 5.62. The Balaban J connectivity index is 1.75. The van der Waals surface area contributed by atoms with Crippen LogP contribution in [-0.2, 0) is 4.79 Å². The van der Waals surface area contributed by atoms with E-state index in [1.807, 2.05) is 18.2 Å². The molecule has 5 heteroatoms. The fraction of sp³-hybridized carbons (Fsp3) is 0.417. The lowest BCUT2D eigenvalue weighted by Gasteiger charge is -2.06. The molecule has 1 aromatic carbocycles. The standard InChI is InChI=1S/C12H15BrN2OS/c13-8-1-4-11(10(14)7-8)17-6-5-12(16)15-9-2-3-9/h1,4,7,9H,2-3,5-6,14H2,(H,15,16). The van der Waals surface area contributed by atoms with Gasteiger partial charge in [-0.05, 0) is 31.0 Å². The summed E-state index contributed by atoms with van der Waals surface area (Å²) < 4.78 is 0.978. The third-order valence-corrected chi connectivity index (χ3v) is 4.09. The van der Waals surface area contributed by atoms with Gasteiger partial charge in [-0.15, -0.1) is 11.8 Å². The van der Waals surface area contributed by atoms with Gasteiger partial charge in [-0.25, -0.2) is 0 Å². The number of carbonyl (C=O) groups excluding carboxylic acids is 1. The number of benzene rings is 1. The second-order valence-corrected chi connectivity index (χ2v) is 6.17. The topological polar surface area (TPSA) is 55.1 Å². The molecule has 3 N–H and O–H groups in total. The van der Waals surface area contributed by atoms with Gasteiger partial charge in [0, 0.05) is 33.3 Å². The monoisotopic (exact) mass is 314 g/mol. The van der Waals surface area contributed by atoms with E-state index in [0.29, 0.717) is 12.5 Å². The maximum absolute atomic E-state index is 11.5. The minimum atomic E-state index is 0.149. The van der Waals surface area contributed by atoms with E-state index in [1.165, 1.54) is 0 Å². The minimum absolute atomic E-state index is 0.149. The molecule has 0 unspecified atom stereocenters. The zero-order chi connectivity index (χ0) is 12.3. The predicted molar refractivity (Wildman–Crippen MR) is 75.1 cm³/mol. The second kappa shape index (κ2) is 5.78. The molecule has 1 aromatic rings. The van der Waals surface area contributed by atoms with E-state index < -0.39 is 0 Å². The molecule has 0 atom stereocenters. The van der Waals surface area contributed by atoms with Crippen LogP contribution in [0.3, 0.4) is 0 Å². The lowest BCUT2D eigenvalue weighted by atomic mass is 10.3. The van der Waals surface area contributed by atoms with E-state index in [0.717, 1.165) is 33.7 Å². The summed E-state index contributed by atoms with van der Waals surface area (Å²) in [5, 5.41) is 2.97. The molecule has 92 valence electrons. The van der Waals surface area contributed by atoms with Crippen LogP contribution in [0, 0.1) is 0 Å². The lowest BCUT2D eigenvalue weighted by molar-refractivity contribution is -0.120. The van der Waals surface area contributed by atoms with Crippen LogP contribution in [0.4, 0.5) is 5.69 Å². The number of carbonyl (C=O) groups is 1. The molecule has 0 radical (unpaired) electrons. The van der Waals surface area contributed by atoms with Gasteiger partial charge in [0.15, 0.2) is 0 Å². The van der Waals surface area contributed by atoms with Crippen molar-refractivity contribution in [2.24, 2.45) is 0 Å². The van der Waals surface area contributed by atoms with Crippen LogP contribution < -0.4 is 11.1 Å². The van der Waals surface area contributed by atoms with Crippen molar-refractivity contribution in [2.75, 3.05) is 11.5 Å². The molecule has 0 saturated heterocycles. The normalized spacial score (nSPS) is 14.6. The molecule has 0 aromatic heterocycles. The van der Waals surface area contributed by atoms with Crippen molar-refractivity contribution in [3.05, 3.63) is 22.7 Å². The summed E-state index contributed by atoms with van der Waals surface area (Å²) in [6.45, 7) is 0. The van der Waals surface area contributed by atoms with Crippen molar-refractivity contribution in [3.63, 3.8) is 0 Å². The number of hydrogen-bond acceptors (Lipinski definition) is 3. The average molecular weight is 315 g/mol. The Kier molecular flexibility index (Phi) is 4.34. The van der Waals surface area contributed by atoms with Crippen molar-refractivity contribution in [2.45, 2.75) is 30.2 Å². The Morgan fingerprint density at radius 1 is 1.53 bits per heavy atom. The van der Waals surface area contributed by atoms with Crippen molar-refractivity contribution >= 4 is 39.3 Å². The van der Waals surface area contributed by atoms with Crippen LogP contribution in [-0.4, -0.2) is 17.7 Å². The van der Waals surface area contributed by atoms with Gasteiger partial charge < -0.3 is 11.1 Å². The van der Waals surface area contributed by atoms with Crippen LogP contribution >= 0.6 is 27.7 Å². The first kappa shape index (κ1) is 12.8. The van der Waals surface area contributed by atoms with Gasteiger partial charge >= 0.3 is 0 Å². The first-order valence-corrected chi connectivity index (χ1v) is 7.40. The van der Waals surface area contributed by atoms with Crippen LogP contribution in [0.2, 0.25) is 0 Å². The zero-order valence-corrected chi connectivity index (χ0v) is 11.8. The number of nitrogen functional groups attached to an aromatic ring is 1. The zero-order valence-electron chi connectivity index (χ0n) is 9.41. The fourth-order valence-corrected chi connectivity index (χ4v) is 2.71. The number of halogens is 1. The molecule has 1 amide bonds. The molecule has 2 rings (SSSR count). The lowest BCUT2D eigenvalue weighted by Crippen LogP contribution is -2.25. The summed E-state index contributed by atoms with van der Waals surface area (Å²) in [5.41, 5.74) is 6.63. The van der Waals surface area contributed by atoms with E-state index in [1.54, 1.807) is 11.8 Å². The molecule has 3 nitrogen and oxygen atoms in total. The molecule has 0 aliphatic heterocycles. The molecule has 1 aliphatic rings. The predicted octanol–water partition coefficient (Wildman–Crippen LogP) is 2.79. The van der Waals surface area contributed by atoms with Crippen molar-refractivity contribution in [3.8, 4) is 0 Å². The molecule has 1 aliphatic carbocycles. The number of nitrogens with one attached hydrogen (secondary N) is 1. The summed E-state index contributed by atoms with van der Waals surface area (Å²) in [7, 11) is 0. The van der Waals surface area contributed by atoms with Crippen LogP contribution in [0.25, 0.3) is 0 Å². The Morgan fingerprint density at radius 2 is 2.29 bits per heavy atom. The van der Waals surface area contributed by atoms with Crippen molar-refractivity contribution in [1.82, 2.24) is 5.32 Å². The highest BCUT2D eigenvalue weighted by molar-refractivity contribution is 9.10.